The van der Waals surface area contributed by atoms with Crippen LogP contribution < -0.4 is 11.1 Å². The fourth-order valence-electron chi connectivity index (χ4n) is 1.57. The van der Waals surface area contributed by atoms with Crippen molar-refractivity contribution in [2.45, 2.75) is 23.3 Å². The Morgan fingerprint density at radius 1 is 1.56 bits per heavy atom. The maximum Gasteiger partial charge on any atom is 0.179 e. The van der Waals surface area contributed by atoms with Crippen molar-refractivity contribution in [1.29, 1.82) is 0 Å². The summed E-state index contributed by atoms with van der Waals surface area (Å²) in [5, 5.41) is 3.14. The van der Waals surface area contributed by atoms with E-state index in [1.807, 2.05) is 0 Å². The molecule has 1 aliphatic rings. The lowest BCUT2D eigenvalue weighted by Crippen LogP contribution is -2.31. The van der Waals surface area contributed by atoms with Gasteiger partial charge in [-0.2, -0.15) is 0 Å². The summed E-state index contributed by atoms with van der Waals surface area (Å²) in [5.41, 5.74) is 5.49. The van der Waals surface area contributed by atoms with Crippen molar-refractivity contribution >= 4 is 15.7 Å². The highest BCUT2D eigenvalue weighted by Crippen LogP contribution is 2.38. The first-order chi connectivity index (χ1) is 7.47. The fraction of sp³-hybridized carbons (Fsp3) is 0.500. The Balaban J connectivity index is 2.34. The molecule has 1 heterocycles. The second-order valence-corrected chi connectivity index (χ2v) is 6.22. The van der Waals surface area contributed by atoms with Crippen LogP contribution in [0.1, 0.15) is 12.8 Å². The summed E-state index contributed by atoms with van der Waals surface area (Å²) in [7, 11) is -3.25. The largest absolute Gasteiger partial charge is 0.362 e. The van der Waals surface area contributed by atoms with E-state index in [0.29, 0.717) is 12.4 Å². The maximum absolute atomic E-state index is 11.5. The van der Waals surface area contributed by atoms with E-state index >= 15 is 0 Å². The molecule has 0 radical (unpaired) electrons. The number of sulfone groups is 1. The van der Waals surface area contributed by atoms with Gasteiger partial charge in [-0.3, -0.25) is 0 Å². The molecular weight excluding hydrogens is 226 g/mol. The number of hydrogen-bond donors (Lipinski definition) is 2. The SMILES string of the molecule is CS(=O)(=O)c1cccnc1NC1(CN)CC1. The standard InChI is InChI=1S/C10H15N3O2S/c1-16(14,15)8-3-2-6-12-9(8)13-10(7-11)4-5-10/h2-3,6H,4-5,7,11H2,1H3,(H,12,13). The quantitative estimate of drug-likeness (QED) is 0.796. The van der Waals surface area contributed by atoms with Gasteiger partial charge in [0.15, 0.2) is 9.84 Å². The Bertz CT molecular complexity index is 495. The average molecular weight is 241 g/mol. The van der Waals surface area contributed by atoms with Crippen molar-refractivity contribution in [2.75, 3.05) is 18.1 Å². The van der Waals surface area contributed by atoms with Gasteiger partial charge in [-0.05, 0) is 25.0 Å². The van der Waals surface area contributed by atoms with Crippen LogP contribution in [0.2, 0.25) is 0 Å². The Morgan fingerprint density at radius 3 is 2.75 bits per heavy atom. The molecule has 6 heteroatoms. The van der Waals surface area contributed by atoms with E-state index in [9.17, 15) is 8.42 Å². The molecule has 0 amide bonds. The predicted molar refractivity (Wildman–Crippen MR) is 62.0 cm³/mol. The summed E-state index contributed by atoms with van der Waals surface area (Å²) in [6, 6.07) is 3.17. The van der Waals surface area contributed by atoms with Crippen molar-refractivity contribution < 1.29 is 8.42 Å². The number of aromatic nitrogens is 1. The van der Waals surface area contributed by atoms with E-state index in [1.165, 1.54) is 6.26 Å². The van der Waals surface area contributed by atoms with E-state index in [0.717, 1.165) is 12.8 Å². The average Bonchev–Trinajstić information content (AvgIpc) is 2.98. The fourth-order valence-corrected chi connectivity index (χ4v) is 2.35. The third-order valence-electron chi connectivity index (χ3n) is 2.80. The topological polar surface area (TPSA) is 85.1 Å². The highest BCUT2D eigenvalue weighted by atomic mass is 32.2. The minimum atomic E-state index is -3.25. The molecule has 1 fully saturated rings. The molecule has 0 saturated heterocycles. The minimum absolute atomic E-state index is 0.145. The summed E-state index contributed by atoms with van der Waals surface area (Å²) in [4.78, 5) is 4.30. The summed E-state index contributed by atoms with van der Waals surface area (Å²) < 4.78 is 23.1. The monoisotopic (exact) mass is 241 g/mol. The van der Waals surface area contributed by atoms with Crippen molar-refractivity contribution in [1.82, 2.24) is 4.98 Å². The molecule has 0 spiro atoms. The second kappa shape index (κ2) is 3.71. The number of rotatable bonds is 4. The molecule has 0 aromatic carbocycles. The van der Waals surface area contributed by atoms with Crippen LogP contribution in [-0.2, 0) is 9.84 Å². The van der Waals surface area contributed by atoms with Gasteiger partial charge in [0.05, 0.1) is 5.54 Å². The van der Waals surface area contributed by atoms with Crippen LogP contribution >= 0.6 is 0 Å². The van der Waals surface area contributed by atoms with Crippen molar-refractivity contribution in [3.63, 3.8) is 0 Å². The van der Waals surface area contributed by atoms with Crippen LogP contribution in [0.15, 0.2) is 23.2 Å². The molecule has 1 aromatic rings. The summed E-state index contributed by atoms with van der Waals surface area (Å²) in [6.07, 6.45) is 4.67. The first-order valence-electron chi connectivity index (χ1n) is 5.10. The van der Waals surface area contributed by atoms with Crippen LogP contribution in [0, 0.1) is 0 Å². The Labute approximate surface area is 95.0 Å². The van der Waals surface area contributed by atoms with Gasteiger partial charge in [0, 0.05) is 19.0 Å². The van der Waals surface area contributed by atoms with Gasteiger partial charge in [-0.1, -0.05) is 0 Å². The Kier molecular flexibility index (Phi) is 2.63. The zero-order chi connectivity index (χ0) is 11.8. The summed E-state index contributed by atoms with van der Waals surface area (Å²) in [6.45, 7) is 0.493. The van der Waals surface area contributed by atoms with Gasteiger partial charge in [0.25, 0.3) is 0 Å². The zero-order valence-electron chi connectivity index (χ0n) is 9.10. The van der Waals surface area contributed by atoms with Crippen molar-refractivity contribution in [3.05, 3.63) is 18.3 Å². The van der Waals surface area contributed by atoms with Gasteiger partial charge >= 0.3 is 0 Å². The maximum atomic E-state index is 11.5. The lowest BCUT2D eigenvalue weighted by molar-refractivity contribution is 0.601. The lowest BCUT2D eigenvalue weighted by atomic mass is 10.2. The van der Waals surface area contributed by atoms with E-state index in [2.05, 4.69) is 10.3 Å². The molecule has 88 valence electrons. The summed E-state index contributed by atoms with van der Waals surface area (Å²) >= 11 is 0. The van der Waals surface area contributed by atoms with Gasteiger partial charge in [-0.25, -0.2) is 13.4 Å². The number of anilines is 1. The zero-order valence-corrected chi connectivity index (χ0v) is 9.92. The molecule has 1 saturated carbocycles. The minimum Gasteiger partial charge on any atom is -0.362 e. The van der Waals surface area contributed by atoms with Crippen LogP contribution in [0.4, 0.5) is 5.82 Å². The molecule has 1 aromatic heterocycles. The lowest BCUT2D eigenvalue weighted by Gasteiger charge is -2.17. The molecule has 0 bridgehead atoms. The molecule has 0 aliphatic heterocycles. The van der Waals surface area contributed by atoms with Gasteiger partial charge in [0.1, 0.15) is 10.7 Å². The third kappa shape index (κ3) is 2.17. The number of nitrogens with one attached hydrogen (secondary N) is 1. The molecule has 3 N–H and O–H groups in total. The first kappa shape index (κ1) is 11.3. The molecule has 16 heavy (non-hydrogen) atoms. The molecule has 0 unspecified atom stereocenters. The van der Waals surface area contributed by atoms with Gasteiger partial charge < -0.3 is 11.1 Å². The van der Waals surface area contributed by atoms with E-state index in [-0.39, 0.29) is 10.4 Å². The van der Waals surface area contributed by atoms with E-state index in [4.69, 9.17) is 5.73 Å². The van der Waals surface area contributed by atoms with Crippen LogP contribution in [-0.4, -0.2) is 31.7 Å². The molecule has 5 nitrogen and oxygen atoms in total. The van der Waals surface area contributed by atoms with Crippen LogP contribution in [0.3, 0.4) is 0 Å². The van der Waals surface area contributed by atoms with Crippen LogP contribution in [0.5, 0.6) is 0 Å². The number of nitrogens with two attached hydrogens (primary N) is 1. The summed E-state index contributed by atoms with van der Waals surface area (Å²) in [5.74, 6) is 0.410. The molecule has 2 rings (SSSR count). The van der Waals surface area contributed by atoms with Crippen molar-refractivity contribution in [3.8, 4) is 0 Å². The molecule has 1 aliphatic carbocycles. The molecule has 0 atom stereocenters. The predicted octanol–water partition coefficient (Wildman–Crippen LogP) is 0.388. The van der Waals surface area contributed by atoms with E-state index < -0.39 is 9.84 Å². The molecular formula is C10H15N3O2S. The van der Waals surface area contributed by atoms with Crippen molar-refractivity contribution in [2.24, 2.45) is 5.73 Å². The number of pyridine rings is 1. The smallest absolute Gasteiger partial charge is 0.179 e. The van der Waals surface area contributed by atoms with Gasteiger partial charge in [0.2, 0.25) is 0 Å². The Hall–Kier alpha value is -1.14. The Morgan fingerprint density at radius 2 is 2.25 bits per heavy atom. The van der Waals surface area contributed by atoms with Gasteiger partial charge in [-0.15, -0.1) is 0 Å². The third-order valence-corrected chi connectivity index (χ3v) is 3.93. The normalized spacial score (nSPS) is 18.1. The second-order valence-electron chi connectivity index (χ2n) is 4.23. The highest BCUT2D eigenvalue weighted by Gasteiger charge is 2.42. The van der Waals surface area contributed by atoms with E-state index in [1.54, 1.807) is 18.3 Å². The number of nitrogens with zero attached hydrogens (tertiary/aromatic N) is 1. The number of hydrogen-bond acceptors (Lipinski definition) is 5. The van der Waals surface area contributed by atoms with Crippen LogP contribution in [0.25, 0.3) is 0 Å². The first-order valence-corrected chi connectivity index (χ1v) is 6.99. The highest BCUT2D eigenvalue weighted by molar-refractivity contribution is 7.90.